The van der Waals surface area contributed by atoms with Crippen molar-refractivity contribution in [1.29, 1.82) is 0 Å². The van der Waals surface area contributed by atoms with E-state index in [1.807, 2.05) is 19.4 Å². The van der Waals surface area contributed by atoms with Gasteiger partial charge in [0.2, 0.25) is 0 Å². The van der Waals surface area contributed by atoms with E-state index in [0.29, 0.717) is 5.41 Å². The van der Waals surface area contributed by atoms with Crippen molar-refractivity contribution in [1.82, 2.24) is 15.0 Å². The average molecular weight is 294 g/mol. The monoisotopic (exact) mass is 294 g/mol. The lowest BCUT2D eigenvalue weighted by atomic mass is 9.68. The molecule has 1 aromatic heterocycles. The summed E-state index contributed by atoms with van der Waals surface area (Å²) in [5.41, 5.74) is 3.24. The molecule has 3 N–H and O–H groups in total. The van der Waals surface area contributed by atoms with Crippen LogP contribution in [0.1, 0.15) is 52.3 Å². The lowest BCUT2D eigenvalue weighted by molar-refractivity contribution is -0.106. The number of hydrogen-bond donors (Lipinski definition) is 2. The Balaban J connectivity index is 2.17. The SMILES string of the molecule is CCOC1(C(Cc2nccn2C)NN)CCC(C)(C)CC1. The van der Waals surface area contributed by atoms with Crippen LogP contribution in [0.2, 0.25) is 0 Å². The maximum atomic E-state index is 6.23. The van der Waals surface area contributed by atoms with Crippen LogP contribution in [-0.2, 0) is 18.2 Å². The van der Waals surface area contributed by atoms with E-state index in [9.17, 15) is 0 Å². The Hall–Kier alpha value is -0.910. The van der Waals surface area contributed by atoms with Crippen molar-refractivity contribution in [3.05, 3.63) is 18.2 Å². The number of nitrogens with one attached hydrogen (secondary N) is 1. The van der Waals surface area contributed by atoms with Crippen LogP contribution in [0.3, 0.4) is 0 Å². The standard InChI is InChI=1S/C16H30N4O/c1-5-21-16(8-6-15(2,3)7-9-16)13(19-17)12-14-18-10-11-20(14)4/h10-11,13,19H,5-9,12,17H2,1-4H3. The van der Waals surface area contributed by atoms with Gasteiger partial charge in [0, 0.05) is 32.5 Å². The maximum absolute atomic E-state index is 6.23. The van der Waals surface area contributed by atoms with Crippen molar-refractivity contribution >= 4 is 0 Å². The zero-order chi connectivity index (χ0) is 15.5. The van der Waals surface area contributed by atoms with E-state index >= 15 is 0 Å². The molecule has 0 aliphatic heterocycles. The first-order valence-electron chi connectivity index (χ1n) is 7.99. The summed E-state index contributed by atoms with van der Waals surface area (Å²) in [4.78, 5) is 4.43. The molecule has 0 radical (unpaired) electrons. The predicted molar refractivity (Wildman–Crippen MR) is 84.6 cm³/mol. The summed E-state index contributed by atoms with van der Waals surface area (Å²) in [5, 5.41) is 0. The first-order chi connectivity index (χ1) is 9.92. The van der Waals surface area contributed by atoms with Gasteiger partial charge in [-0.05, 0) is 38.0 Å². The molecule has 1 atom stereocenters. The highest BCUT2D eigenvalue weighted by atomic mass is 16.5. The lowest BCUT2D eigenvalue weighted by Crippen LogP contribution is -2.58. The molecule has 2 rings (SSSR count). The molecule has 120 valence electrons. The van der Waals surface area contributed by atoms with Crippen LogP contribution in [-0.4, -0.2) is 27.8 Å². The number of rotatable bonds is 6. The Morgan fingerprint density at radius 2 is 2.05 bits per heavy atom. The van der Waals surface area contributed by atoms with Crippen LogP contribution in [0.15, 0.2) is 12.4 Å². The summed E-state index contributed by atoms with van der Waals surface area (Å²) in [6, 6.07) is 0.0923. The first kappa shape index (κ1) is 16.5. The molecule has 1 heterocycles. The fourth-order valence-corrected chi connectivity index (χ4v) is 3.40. The molecule has 1 fully saturated rings. The van der Waals surface area contributed by atoms with Gasteiger partial charge in [-0.15, -0.1) is 0 Å². The number of imidazole rings is 1. The number of ether oxygens (including phenoxy) is 1. The van der Waals surface area contributed by atoms with Crippen LogP contribution in [0.5, 0.6) is 0 Å². The minimum atomic E-state index is -0.176. The Bertz CT molecular complexity index is 445. The van der Waals surface area contributed by atoms with Gasteiger partial charge in [-0.25, -0.2) is 4.98 Å². The molecule has 1 aromatic rings. The molecule has 1 aliphatic rings. The minimum absolute atomic E-state index is 0.0923. The van der Waals surface area contributed by atoms with Gasteiger partial charge in [0.1, 0.15) is 5.82 Å². The van der Waals surface area contributed by atoms with Gasteiger partial charge in [-0.1, -0.05) is 13.8 Å². The zero-order valence-electron chi connectivity index (χ0n) is 13.9. The molecule has 1 aliphatic carbocycles. The van der Waals surface area contributed by atoms with Gasteiger partial charge in [-0.3, -0.25) is 11.3 Å². The van der Waals surface area contributed by atoms with Gasteiger partial charge in [-0.2, -0.15) is 0 Å². The molecular weight excluding hydrogens is 264 g/mol. The van der Waals surface area contributed by atoms with Crippen molar-refractivity contribution in [3.8, 4) is 0 Å². The van der Waals surface area contributed by atoms with Gasteiger partial charge < -0.3 is 9.30 Å². The molecule has 21 heavy (non-hydrogen) atoms. The number of aromatic nitrogens is 2. The molecule has 0 bridgehead atoms. The summed E-state index contributed by atoms with van der Waals surface area (Å²) in [5.74, 6) is 6.93. The maximum Gasteiger partial charge on any atom is 0.110 e. The fourth-order valence-electron chi connectivity index (χ4n) is 3.40. The van der Waals surface area contributed by atoms with Crippen molar-refractivity contribution in [2.24, 2.45) is 18.3 Å². The van der Waals surface area contributed by atoms with E-state index in [1.54, 1.807) is 0 Å². The predicted octanol–water partition coefficient (Wildman–Crippen LogP) is 2.17. The second kappa shape index (κ2) is 6.46. The minimum Gasteiger partial charge on any atom is -0.374 e. The summed E-state index contributed by atoms with van der Waals surface area (Å²) < 4.78 is 8.28. The Morgan fingerprint density at radius 3 is 2.52 bits per heavy atom. The van der Waals surface area contributed by atoms with Crippen LogP contribution in [0.4, 0.5) is 0 Å². The zero-order valence-corrected chi connectivity index (χ0v) is 13.9. The van der Waals surface area contributed by atoms with E-state index < -0.39 is 0 Å². The summed E-state index contributed by atoms with van der Waals surface area (Å²) in [7, 11) is 2.02. The number of hydrogen-bond acceptors (Lipinski definition) is 4. The van der Waals surface area contributed by atoms with E-state index in [1.165, 1.54) is 12.8 Å². The Kier molecular flexibility index (Phi) is 5.07. The second-order valence-electron chi connectivity index (χ2n) is 7.04. The highest BCUT2D eigenvalue weighted by Crippen LogP contribution is 2.44. The number of aryl methyl sites for hydroxylation is 1. The normalized spacial score (nSPS) is 22.1. The molecule has 0 saturated heterocycles. The number of nitrogens with zero attached hydrogens (tertiary/aromatic N) is 2. The van der Waals surface area contributed by atoms with E-state index in [-0.39, 0.29) is 11.6 Å². The molecule has 0 amide bonds. The van der Waals surface area contributed by atoms with Gasteiger partial charge in [0.05, 0.1) is 11.6 Å². The third-order valence-electron chi connectivity index (χ3n) is 5.03. The van der Waals surface area contributed by atoms with Crippen molar-refractivity contribution < 1.29 is 4.74 Å². The van der Waals surface area contributed by atoms with Gasteiger partial charge in [0.25, 0.3) is 0 Å². The van der Waals surface area contributed by atoms with E-state index in [2.05, 4.69) is 35.7 Å². The third-order valence-corrected chi connectivity index (χ3v) is 5.03. The molecular formula is C16H30N4O. The summed E-state index contributed by atoms with van der Waals surface area (Å²) in [6.45, 7) is 7.47. The van der Waals surface area contributed by atoms with E-state index in [4.69, 9.17) is 10.6 Å². The summed E-state index contributed by atoms with van der Waals surface area (Å²) in [6.07, 6.45) is 9.04. The average Bonchev–Trinajstić information content (AvgIpc) is 2.84. The van der Waals surface area contributed by atoms with Crippen LogP contribution >= 0.6 is 0 Å². The molecule has 1 unspecified atom stereocenters. The number of nitrogens with two attached hydrogens (primary N) is 1. The third kappa shape index (κ3) is 3.65. The molecule has 5 nitrogen and oxygen atoms in total. The fraction of sp³-hybridized carbons (Fsp3) is 0.812. The lowest BCUT2D eigenvalue weighted by Gasteiger charge is -2.47. The van der Waals surface area contributed by atoms with Gasteiger partial charge >= 0.3 is 0 Å². The smallest absolute Gasteiger partial charge is 0.110 e. The van der Waals surface area contributed by atoms with Crippen molar-refractivity contribution in [2.45, 2.75) is 64.5 Å². The molecule has 0 spiro atoms. The summed E-state index contributed by atoms with van der Waals surface area (Å²) >= 11 is 0. The van der Waals surface area contributed by atoms with Crippen molar-refractivity contribution in [2.75, 3.05) is 6.61 Å². The number of hydrazine groups is 1. The molecule has 0 aromatic carbocycles. The highest BCUT2D eigenvalue weighted by Gasteiger charge is 2.44. The highest BCUT2D eigenvalue weighted by molar-refractivity contribution is 5.04. The Morgan fingerprint density at radius 1 is 1.38 bits per heavy atom. The first-order valence-corrected chi connectivity index (χ1v) is 7.99. The second-order valence-corrected chi connectivity index (χ2v) is 7.04. The van der Waals surface area contributed by atoms with Gasteiger partial charge in [0.15, 0.2) is 0 Å². The topological polar surface area (TPSA) is 65.1 Å². The molecule has 5 heteroatoms. The van der Waals surface area contributed by atoms with E-state index in [0.717, 1.165) is 31.7 Å². The van der Waals surface area contributed by atoms with Crippen molar-refractivity contribution in [3.63, 3.8) is 0 Å². The van der Waals surface area contributed by atoms with Crippen LogP contribution < -0.4 is 11.3 Å². The quantitative estimate of drug-likeness (QED) is 0.623. The largest absolute Gasteiger partial charge is 0.374 e. The Labute approximate surface area is 128 Å². The van der Waals surface area contributed by atoms with Crippen LogP contribution in [0.25, 0.3) is 0 Å². The molecule has 1 saturated carbocycles. The van der Waals surface area contributed by atoms with Crippen LogP contribution in [0, 0.1) is 5.41 Å².